The van der Waals surface area contributed by atoms with E-state index < -0.39 is 21.9 Å². The Bertz CT molecular complexity index is 1150. The third-order valence-electron chi connectivity index (χ3n) is 4.32. The molecular weight excluding hydrogens is 407 g/mol. The highest BCUT2D eigenvalue weighted by molar-refractivity contribution is 7.92. The first-order valence-electron chi connectivity index (χ1n) is 9.17. The molecule has 30 heavy (non-hydrogen) atoms. The van der Waals surface area contributed by atoms with Gasteiger partial charge in [0.25, 0.3) is 15.9 Å². The van der Waals surface area contributed by atoms with E-state index in [4.69, 9.17) is 4.74 Å². The summed E-state index contributed by atoms with van der Waals surface area (Å²) in [6.45, 7) is 3.51. The monoisotopic (exact) mass is 428 g/mol. The lowest BCUT2D eigenvalue weighted by Crippen LogP contribution is -2.30. The second-order valence-electron chi connectivity index (χ2n) is 6.62. The average Bonchev–Trinajstić information content (AvgIpc) is 2.71. The number of nitrogens with one attached hydrogen (secondary N) is 2. The molecule has 0 radical (unpaired) electrons. The van der Waals surface area contributed by atoms with E-state index in [0.717, 1.165) is 11.6 Å². The van der Waals surface area contributed by atoms with Crippen molar-refractivity contribution in [2.24, 2.45) is 0 Å². The van der Waals surface area contributed by atoms with E-state index in [0.29, 0.717) is 11.4 Å². The van der Waals surface area contributed by atoms with Crippen molar-refractivity contribution in [3.8, 4) is 5.75 Å². The third-order valence-corrected chi connectivity index (χ3v) is 5.70. The summed E-state index contributed by atoms with van der Waals surface area (Å²) in [6.07, 6.45) is -0.753. The lowest BCUT2D eigenvalue weighted by Gasteiger charge is -2.16. The molecule has 0 aliphatic carbocycles. The van der Waals surface area contributed by atoms with Crippen molar-refractivity contribution in [3.63, 3.8) is 0 Å². The molecule has 6 nitrogen and oxygen atoms in total. The number of sulfonamides is 1. The van der Waals surface area contributed by atoms with Gasteiger partial charge in [-0.3, -0.25) is 9.52 Å². The van der Waals surface area contributed by atoms with Gasteiger partial charge in [0, 0.05) is 5.69 Å². The summed E-state index contributed by atoms with van der Waals surface area (Å²) in [7, 11) is -3.97. The summed E-state index contributed by atoms with van der Waals surface area (Å²) in [5.41, 5.74) is 1.18. The predicted octanol–water partition coefficient (Wildman–Crippen LogP) is 4.34. The molecule has 8 heteroatoms. The molecule has 0 spiro atoms. The fourth-order valence-electron chi connectivity index (χ4n) is 2.64. The van der Waals surface area contributed by atoms with Crippen molar-refractivity contribution in [2.75, 3.05) is 10.0 Å². The minimum absolute atomic E-state index is 0.0621. The smallest absolute Gasteiger partial charge is 0.265 e. The van der Waals surface area contributed by atoms with Crippen molar-refractivity contribution in [1.29, 1.82) is 0 Å². The lowest BCUT2D eigenvalue weighted by atomic mass is 10.2. The van der Waals surface area contributed by atoms with Gasteiger partial charge >= 0.3 is 0 Å². The maximum Gasteiger partial charge on any atom is 0.265 e. The van der Waals surface area contributed by atoms with Crippen LogP contribution in [0.25, 0.3) is 0 Å². The third kappa shape index (κ3) is 5.15. The Morgan fingerprint density at radius 1 is 0.967 bits per heavy atom. The highest BCUT2D eigenvalue weighted by atomic mass is 32.2. The van der Waals surface area contributed by atoms with Crippen LogP contribution in [0.15, 0.2) is 77.7 Å². The van der Waals surface area contributed by atoms with Crippen LogP contribution in [0.3, 0.4) is 0 Å². The van der Waals surface area contributed by atoms with Crippen molar-refractivity contribution < 1.29 is 22.3 Å². The number of hydrogen-bond donors (Lipinski definition) is 2. The topological polar surface area (TPSA) is 84.5 Å². The molecule has 156 valence electrons. The number of benzene rings is 3. The Balaban J connectivity index is 1.66. The quantitative estimate of drug-likeness (QED) is 0.586. The van der Waals surface area contributed by atoms with E-state index in [1.807, 2.05) is 25.1 Å². The number of aryl methyl sites for hydroxylation is 1. The van der Waals surface area contributed by atoms with Gasteiger partial charge in [0.2, 0.25) is 0 Å². The van der Waals surface area contributed by atoms with E-state index in [-0.39, 0.29) is 16.5 Å². The average molecular weight is 428 g/mol. The molecule has 0 aliphatic heterocycles. The summed E-state index contributed by atoms with van der Waals surface area (Å²) in [5.74, 6) is -0.438. The lowest BCUT2D eigenvalue weighted by molar-refractivity contribution is -0.122. The number of rotatable bonds is 7. The molecule has 0 fully saturated rings. The van der Waals surface area contributed by atoms with Crippen LogP contribution in [0.4, 0.5) is 15.8 Å². The second-order valence-corrected chi connectivity index (χ2v) is 8.31. The van der Waals surface area contributed by atoms with Gasteiger partial charge in [-0.1, -0.05) is 30.3 Å². The van der Waals surface area contributed by atoms with Crippen molar-refractivity contribution in [3.05, 3.63) is 84.2 Å². The molecule has 3 aromatic carbocycles. The van der Waals surface area contributed by atoms with Crippen LogP contribution >= 0.6 is 0 Å². The van der Waals surface area contributed by atoms with E-state index in [1.165, 1.54) is 42.5 Å². The Morgan fingerprint density at radius 3 is 2.27 bits per heavy atom. The van der Waals surface area contributed by atoms with Gasteiger partial charge in [-0.25, -0.2) is 12.8 Å². The van der Waals surface area contributed by atoms with Crippen molar-refractivity contribution in [2.45, 2.75) is 24.8 Å². The maximum absolute atomic E-state index is 13.7. The molecule has 0 aromatic heterocycles. The zero-order valence-electron chi connectivity index (χ0n) is 16.4. The van der Waals surface area contributed by atoms with Crippen molar-refractivity contribution >= 4 is 27.3 Å². The molecule has 1 amide bonds. The molecule has 0 saturated carbocycles. The van der Waals surface area contributed by atoms with Crippen LogP contribution in [0.1, 0.15) is 12.5 Å². The Hall–Kier alpha value is -3.39. The zero-order chi connectivity index (χ0) is 21.7. The number of para-hydroxylation sites is 2. The number of hydrogen-bond acceptors (Lipinski definition) is 4. The summed E-state index contributed by atoms with van der Waals surface area (Å²) in [6, 6.07) is 18.4. The second kappa shape index (κ2) is 8.96. The predicted molar refractivity (Wildman–Crippen MR) is 114 cm³/mol. The summed E-state index contributed by atoms with van der Waals surface area (Å²) < 4.78 is 46.5. The first-order chi connectivity index (χ1) is 14.3. The fraction of sp³-hybridized carbons (Fsp3) is 0.136. The van der Waals surface area contributed by atoms with Gasteiger partial charge < -0.3 is 10.1 Å². The maximum atomic E-state index is 13.7. The van der Waals surface area contributed by atoms with Crippen LogP contribution < -0.4 is 14.8 Å². The van der Waals surface area contributed by atoms with Gasteiger partial charge in [0.15, 0.2) is 6.10 Å². The van der Waals surface area contributed by atoms with E-state index in [1.54, 1.807) is 13.0 Å². The molecule has 3 aromatic rings. The SMILES string of the molecule is Cc1ccccc1O[C@@H](C)C(=O)Nc1ccc(S(=O)(=O)Nc2ccccc2F)cc1. The molecule has 2 N–H and O–H groups in total. The number of amides is 1. The molecular formula is C22H21FN2O4S. The number of anilines is 2. The van der Waals surface area contributed by atoms with E-state index >= 15 is 0 Å². The Kier molecular flexibility index (Phi) is 6.37. The van der Waals surface area contributed by atoms with Crippen LogP contribution in [-0.2, 0) is 14.8 Å². The highest BCUT2D eigenvalue weighted by Gasteiger charge is 2.18. The highest BCUT2D eigenvalue weighted by Crippen LogP contribution is 2.21. The minimum atomic E-state index is -3.97. The van der Waals surface area contributed by atoms with Crippen LogP contribution in [0.5, 0.6) is 5.75 Å². The fourth-order valence-corrected chi connectivity index (χ4v) is 3.71. The molecule has 0 unspecified atom stereocenters. The molecule has 1 atom stereocenters. The summed E-state index contributed by atoms with van der Waals surface area (Å²) >= 11 is 0. The normalized spacial score (nSPS) is 12.1. The number of carbonyl (C=O) groups excluding carboxylic acids is 1. The van der Waals surface area contributed by atoms with Gasteiger partial charge in [0.05, 0.1) is 10.6 Å². The molecule has 3 rings (SSSR count). The standard InChI is InChI=1S/C22H21FN2O4S/c1-15-7-3-6-10-21(15)29-16(2)22(26)24-17-11-13-18(14-12-17)30(27,28)25-20-9-5-4-8-19(20)23/h3-14,16,25H,1-2H3,(H,24,26)/t16-/m0/s1. The molecule has 0 saturated heterocycles. The van der Waals surface area contributed by atoms with E-state index in [9.17, 15) is 17.6 Å². The summed E-state index contributed by atoms with van der Waals surface area (Å²) in [5, 5.41) is 2.68. The zero-order valence-corrected chi connectivity index (χ0v) is 17.2. The minimum Gasteiger partial charge on any atom is -0.481 e. The van der Waals surface area contributed by atoms with Gasteiger partial charge in [-0.05, 0) is 61.9 Å². The first-order valence-corrected chi connectivity index (χ1v) is 10.6. The van der Waals surface area contributed by atoms with Gasteiger partial charge in [0.1, 0.15) is 11.6 Å². The van der Waals surface area contributed by atoms with Gasteiger partial charge in [-0.2, -0.15) is 0 Å². The first kappa shape index (κ1) is 21.3. The number of halogens is 1. The van der Waals surface area contributed by atoms with E-state index in [2.05, 4.69) is 10.0 Å². The Labute approximate surface area is 174 Å². The van der Waals surface area contributed by atoms with Crippen LogP contribution in [0.2, 0.25) is 0 Å². The van der Waals surface area contributed by atoms with Gasteiger partial charge in [-0.15, -0.1) is 0 Å². The Morgan fingerprint density at radius 2 is 1.60 bits per heavy atom. The summed E-state index contributed by atoms with van der Waals surface area (Å²) in [4.78, 5) is 12.3. The molecule has 0 heterocycles. The number of carbonyl (C=O) groups is 1. The van der Waals surface area contributed by atoms with Crippen molar-refractivity contribution in [1.82, 2.24) is 0 Å². The van der Waals surface area contributed by atoms with Crippen LogP contribution in [-0.4, -0.2) is 20.4 Å². The molecule has 0 aliphatic rings. The molecule has 0 bridgehead atoms. The largest absolute Gasteiger partial charge is 0.481 e. The number of ether oxygens (including phenoxy) is 1. The van der Waals surface area contributed by atoms with Crippen LogP contribution in [0, 0.1) is 12.7 Å².